The Hall–Kier alpha value is -2.99. The van der Waals surface area contributed by atoms with Crippen LogP contribution in [0.1, 0.15) is 33.8 Å². The van der Waals surface area contributed by atoms with Crippen LogP contribution in [-0.2, 0) is 6.61 Å². The van der Waals surface area contributed by atoms with Gasteiger partial charge in [-0.1, -0.05) is 35.0 Å². The van der Waals surface area contributed by atoms with E-state index in [4.69, 9.17) is 25.6 Å². The molecule has 2 aromatic carbocycles. The summed E-state index contributed by atoms with van der Waals surface area (Å²) in [4.78, 5) is 14.6. The van der Waals surface area contributed by atoms with E-state index in [0.717, 1.165) is 17.0 Å². The van der Waals surface area contributed by atoms with E-state index >= 15 is 0 Å². The van der Waals surface area contributed by atoms with E-state index in [1.807, 2.05) is 38.1 Å². The molecule has 158 valence electrons. The first-order valence-corrected chi connectivity index (χ1v) is 10.1. The van der Waals surface area contributed by atoms with Crippen molar-refractivity contribution >= 4 is 17.5 Å². The Morgan fingerprint density at radius 3 is 2.67 bits per heavy atom. The van der Waals surface area contributed by atoms with E-state index in [0.29, 0.717) is 48.3 Å². The molecule has 0 fully saturated rings. The lowest BCUT2D eigenvalue weighted by molar-refractivity contribution is 0.0783. The van der Waals surface area contributed by atoms with E-state index in [9.17, 15) is 4.79 Å². The summed E-state index contributed by atoms with van der Waals surface area (Å²) in [6, 6.07) is 14.5. The third-order valence-corrected chi connectivity index (χ3v) is 4.96. The minimum absolute atomic E-state index is 0.105. The molecule has 1 amide bonds. The van der Waals surface area contributed by atoms with E-state index in [1.165, 1.54) is 0 Å². The number of aryl methyl sites for hydroxylation is 2. The molecule has 0 saturated carbocycles. The second-order valence-electron chi connectivity index (χ2n) is 6.97. The normalized spacial score (nSPS) is 10.7. The van der Waals surface area contributed by atoms with Crippen LogP contribution >= 0.6 is 11.6 Å². The van der Waals surface area contributed by atoms with Gasteiger partial charge < -0.3 is 18.9 Å². The van der Waals surface area contributed by atoms with Gasteiger partial charge in [0.15, 0.2) is 0 Å². The van der Waals surface area contributed by atoms with Gasteiger partial charge in [-0.3, -0.25) is 4.79 Å². The smallest absolute Gasteiger partial charge is 0.257 e. The third-order valence-electron chi connectivity index (χ3n) is 4.72. The standard InChI is InChI=1S/C23H25ClN2O4/c1-16-21(17(2)30-25-16)15-29-22-11-5-4-10-20(22)23(27)26(3)12-7-13-28-19-9-6-8-18(24)14-19/h4-6,8-11,14H,7,12-13,15H2,1-3H3. The summed E-state index contributed by atoms with van der Waals surface area (Å²) in [7, 11) is 1.77. The number of aromatic nitrogens is 1. The number of halogens is 1. The average molecular weight is 429 g/mol. The molecule has 0 aliphatic carbocycles. The van der Waals surface area contributed by atoms with Crippen molar-refractivity contribution in [3.8, 4) is 11.5 Å². The number of amides is 1. The van der Waals surface area contributed by atoms with E-state index in [2.05, 4.69) is 5.16 Å². The summed E-state index contributed by atoms with van der Waals surface area (Å²) in [6.45, 7) is 5.04. The molecular weight excluding hydrogens is 404 g/mol. The van der Waals surface area contributed by atoms with Gasteiger partial charge in [0.1, 0.15) is 23.9 Å². The fourth-order valence-corrected chi connectivity index (χ4v) is 3.16. The van der Waals surface area contributed by atoms with Crippen molar-refractivity contribution in [2.45, 2.75) is 26.9 Å². The average Bonchev–Trinajstić information content (AvgIpc) is 3.06. The van der Waals surface area contributed by atoms with E-state index in [-0.39, 0.29) is 5.91 Å². The summed E-state index contributed by atoms with van der Waals surface area (Å²) >= 11 is 5.95. The molecule has 0 radical (unpaired) electrons. The van der Waals surface area contributed by atoms with E-state index < -0.39 is 0 Å². The number of rotatable bonds is 9. The Balaban J connectivity index is 1.55. The largest absolute Gasteiger partial charge is 0.493 e. The molecule has 1 aromatic heterocycles. The summed E-state index contributed by atoms with van der Waals surface area (Å²) in [5.41, 5.74) is 2.19. The quantitative estimate of drug-likeness (QED) is 0.445. The Labute approximate surface area is 181 Å². The Morgan fingerprint density at radius 2 is 1.93 bits per heavy atom. The van der Waals surface area contributed by atoms with Crippen molar-refractivity contribution in [2.24, 2.45) is 0 Å². The van der Waals surface area contributed by atoms with Crippen LogP contribution in [0.15, 0.2) is 53.1 Å². The Kier molecular flexibility index (Phi) is 7.36. The predicted molar refractivity (Wildman–Crippen MR) is 115 cm³/mol. The van der Waals surface area contributed by atoms with Crippen LogP contribution in [0.5, 0.6) is 11.5 Å². The molecule has 7 heteroatoms. The molecule has 30 heavy (non-hydrogen) atoms. The zero-order valence-corrected chi connectivity index (χ0v) is 18.1. The first-order chi connectivity index (χ1) is 14.5. The number of ether oxygens (including phenoxy) is 2. The van der Waals surface area contributed by atoms with Crippen molar-refractivity contribution < 1.29 is 18.8 Å². The van der Waals surface area contributed by atoms with Crippen molar-refractivity contribution in [2.75, 3.05) is 20.2 Å². The van der Waals surface area contributed by atoms with Gasteiger partial charge in [-0.25, -0.2) is 0 Å². The minimum atomic E-state index is -0.105. The first kappa shape index (κ1) is 21.7. The third kappa shape index (κ3) is 5.54. The van der Waals surface area contributed by atoms with Crippen molar-refractivity contribution in [3.63, 3.8) is 0 Å². The second kappa shape index (κ2) is 10.2. The maximum Gasteiger partial charge on any atom is 0.257 e. The number of carbonyl (C=O) groups is 1. The molecule has 3 aromatic rings. The maximum absolute atomic E-state index is 12.9. The molecule has 0 aliphatic rings. The van der Waals surface area contributed by atoms with E-state index in [1.54, 1.807) is 36.2 Å². The number of benzene rings is 2. The fraction of sp³-hybridized carbons (Fsp3) is 0.304. The second-order valence-corrected chi connectivity index (χ2v) is 7.41. The van der Waals surface area contributed by atoms with Crippen molar-refractivity contribution in [1.29, 1.82) is 0 Å². The van der Waals surface area contributed by atoms with Crippen LogP contribution in [0, 0.1) is 13.8 Å². The van der Waals surface area contributed by atoms with Crippen LogP contribution in [-0.4, -0.2) is 36.2 Å². The van der Waals surface area contributed by atoms with Gasteiger partial charge in [-0.05, 0) is 50.6 Å². The molecule has 0 saturated heterocycles. The summed E-state index contributed by atoms with van der Waals surface area (Å²) in [5.74, 6) is 1.86. The lowest BCUT2D eigenvalue weighted by atomic mass is 10.1. The van der Waals surface area contributed by atoms with Crippen LogP contribution < -0.4 is 9.47 Å². The van der Waals surface area contributed by atoms with Crippen LogP contribution in [0.4, 0.5) is 0 Å². The highest BCUT2D eigenvalue weighted by Crippen LogP contribution is 2.23. The lowest BCUT2D eigenvalue weighted by Crippen LogP contribution is -2.29. The molecule has 0 spiro atoms. The highest BCUT2D eigenvalue weighted by molar-refractivity contribution is 6.30. The molecule has 0 aliphatic heterocycles. The summed E-state index contributed by atoms with van der Waals surface area (Å²) in [6.07, 6.45) is 0.691. The highest BCUT2D eigenvalue weighted by atomic mass is 35.5. The lowest BCUT2D eigenvalue weighted by Gasteiger charge is -2.19. The number of hydrogen-bond donors (Lipinski definition) is 0. The van der Waals surface area contributed by atoms with Crippen molar-refractivity contribution in [1.82, 2.24) is 10.1 Å². The SMILES string of the molecule is Cc1noc(C)c1COc1ccccc1C(=O)N(C)CCCOc1cccc(Cl)c1. The van der Waals surface area contributed by atoms with Gasteiger partial charge in [0.2, 0.25) is 0 Å². The van der Waals surface area contributed by atoms with Gasteiger partial charge in [-0.2, -0.15) is 0 Å². The monoisotopic (exact) mass is 428 g/mol. The first-order valence-electron chi connectivity index (χ1n) is 9.73. The van der Waals surface area contributed by atoms with Crippen LogP contribution in [0.3, 0.4) is 0 Å². The van der Waals surface area contributed by atoms with Crippen LogP contribution in [0.2, 0.25) is 5.02 Å². The fourth-order valence-electron chi connectivity index (χ4n) is 2.98. The molecule has 0 bridgehead atoms. The molecule has 6 nitrogen and oxygen atoms in total. The molecule has 1 heterocycles. The van der Waals surface area contributed by atoms with Crippen LogP contribution in [0.25, 0.3) is 0 Å². The number of nitrogens with zero attached hydrogens (tertiary/aromatic N) is 2. The minimum Gasteiger partial charge on any atom is -0.493 e. The highest BCUT2D eigenvalue weighted by Gasteiger charge is 2.17. The zero-order chi connectivity index (χ0) is 21.5. The number of hydrogen-bond acceptors (Lipinski definition) is 5. The summed E-state index contributed by atoms with van der Waals surface area (Å²) < 4.78 is 16.8. The van der Waals surface area contributed by atoms with Crippen molar-refractivity contribution in [3.05, 3.63) is 76.1 Å². The maximum atomic E-state index is 12.9. The molecule has 0 unspecified atom stereocenters. The van der Waals surface area contributed by atoms with Gasteiger partial charge in [0.25, 0.3) is 5.91 Å². The van der Waals surface area contributed by atoms with Gasteiger partial charge in [-0.15, -0.1) is 0 Å². The number of carbonyl (C=O) groups excluding carboxylic acids is 1. The Bertz CT molecular complexity index is 983. The van der Waals surface area contributed by atoms with Gasteiger partial charge in [0.05, 0.1) is 23.4 Å². The Morgan fingerprint density at radius 1 is 1.13 bits per heavy atom. The topological polar surface area (TPSA) is 64.8 Å². The molecular formula is C23H25ClN2O4. The zero-order valence-electron chi connectivity index (χ0n) is 17.4. The molecule has 0 N–H and O–H groups in total. The summed E-state index contributed by atoms with van der Waals surface area (Å²) in [5, 5.41) is 4.57. The number of para-hydroxylation sites is 1. The van der Waals surface area contributed by atoms with Gasteiger partial charge in [0, 0.05) is 18.6 Å². The van der Waals surface area contributed by atoms with Gasteiger partial charge >= 0.3 is 0 Å². The predicted octanol–water partition coefficient (Wildman–Crippen LogP) is 5.06. The molecule has 0 atom stereocenters. The molecule has 3 rings (SSSR count).